The van der Waals surface area contributed by atoms with Crippen LogP contribution in [0.3, 0.4) is 0 Å². The smallest absolute Gasteiger partial charge is 0.278 e. The number of nitrogens with zero attached hydrogens (tertiary/aromatic N) is 5. The Morgan fingerprint density at radius 2 is 2.09 bits per heavy atom. The van der Waals surface area contributed by atoms with Gasteiger partial charge in [0, 0.05) is 21.9 Å². The van der Waals surface area contributed by atoms with E-state index < -0.39 is 5.82 Å². The lowest BCUT2D eigenvalue weighted by molar-refractivity contribution is 0.364. The summed E-state index contributed by atoms with van der Waals surface area (Å²) in [5.41, 5.74) is 1.52. The molecule has 0 unspecified atom stereocenters. The van der Waals surface area contributed by atoms with Gasteiger partial charge in [-0.3, -0.25) is 9.36 Å². The fourth-order valence-electron chi connectivity index (χ4n) is 4.21. The number of benzene rings is 2. The molecule has 0 saturated heterocycles. The molecule has 0 bridgehead atoms. The predicted octanol–water partition coefficient (Wildman–Crippen LogP) is 4.51. The van der Waals surface area contributed by atoms with E-state index in [0.29, 0.717) is 45.5 Å². The van der Waals surface area contributed by atoms with Gasteiger partial charge in [-0.25, -0.2) is 9.37 Å². The van der Waals surface area contributed by atoms with Crippen LogP contribution >= 0.6 is 11.6 Å². The second-order valence-electron chi connectivity index (χ2n) is 8.36. The quantitative estimate of drug-likeness (QED) is 0.356. The minimum atomic E-state index is -0.446. The highest BCUT2D eigenvalue weighted by atomic mass is 35.5. The van der Waals surface area contributed by atoms with Crippen LogP contribution in [0.2, 0.25) is 5.02 Å². The van der Waals surface area contributed by atoms with Crippen molar-refractivity contribution in [1.82, 2.24) is 24.3 Å². The Morgan fingerprint density at radius 1 is 1.24 bits per heavy atom. The summed E-state index contributed by atoms with van der Waals surface area (Å²) in [7, 11) is 1.57. The summed E-state index contributed by atoms with van der Waals surface area (Å²) in [5.74, 6) is 1.54. The molecule has 10 heteroatoms. The Hall–Kier alpha value is -3.72. The van der Waals surface area contributed by atoms with E-state index in [-0.39, 0.29) is 23.7 Å². The highest BCUT2D eigenvalue weighted by molar-refractivity contribution is 6.31. The second kappa shape index (κ2) is 7.95. The molecule has 6 rings (SSSR count). The largest absolute Gasteiger partial charge is 0.497 e. The van der Waals surface area contributed by atoms with Crippen molar-refractivity contribution in [3.63, 3.8) is 0 Å². The standard InChI is InChI=1S/C24H19ClFN5O3/c1-33-14-7-8-19-15(9-14)21-22(31(19)10-16-17(25)3-2-4-18(16)26)24(32)30(12-27-21)11-20-28-23(29-34-20)13-5-6-13/h2-4,7-9,12-13H,5-6,10-11H2,1H3. The van der Waals surface area contributed by atoms with Crippen molar-refractivity contribution in [2.75, 3.05) is 7.11 Å². The number of hydrogen-bond acceptors (Lipinski definition) is 6. The average Bonchev–Trinajstić information content (AvgIpc) is 3.50. The fourth-order valence-corrected chi connectivity index (χ4v) is 4.43. The molecule has 0 atom stereocenters. The van der Waals surface area contributed by atoms with Crippen molar-refractivity contribution in [2.24, 2.45) is 0 Å². The Morgan fingerprint density at radius 3 is 2.85 bits per heavy atom. The van der Waals surface area contributed by atoms with Crippen molar-refractivity contribution in [2.45, 2.75) is 31.8 Å². The summed E-state index contributed by atoms with van der Waals surface area (Å²) in [5, 5.41) is 5.02. The van der Waals surface area contributed by atoms with Crippen LogP contribution in [0.5, 0.6) is 5.75 Å². The molecule has 3 aromatic heterocycles. The van der Waals surface area contributed by atoms with Crippen LogP contribution in [0.25, 0.3) is 21.9 Å². The first-order chi connectivity index (χ1) is 16.5. The van der Waals surface area contributed by atoms with E-state index in [4.69, 9.17) is 20.9 Å². The first-order valence-corrected chi connectivity index (χ1v) is 11.2. The third kappa shape index (κ3) is 3.43. The van der Waals surface area contributed by atoms with Gasteiger partial charge in [0.05, 0.1) is 25.5 Å². The number of ether oxygens (including phenoxy) is 1. The van der Waals surface area contributed by atoms with Crippen molar-refractivity contribution < 1.29 is 13.7 Å². The van der Waals surface area contributed by atoms with Crippen LogP contribution in [-0.4, -0.2) is 31.4 Å². The summed E-state index contributed by atoms with van der Waals surface area (Å²) < 4.78 is 28.5. The third-order valence-electron chi connectivity index (χ3n) is 6.14. The Kier molecular flexibility index (Phi) is 4.88. The normalized spacial score (nSPS) is 13.7. The van der Waals surface area contributed by atoms with Gasteiger partial charge in [0.2, 0.25) is 5.89 Å². The van der Waals surface area contributed by atoms with Crippen LogP contribution in [0.4, 0.5) is 4.39 Å². The van der Waals surface area contributed by atoms with Gasteiger partial charge in [0.25, 0.3) is 5.56 Å². The highest BCUT2D eigenvalue weighted by Crippen LogP contribution is 2.38. The SMILES string of the molecule is COc1ccc2c(c1)c1ncn(Cc3nc(C4CC4)no3)c(=O)c1n2Cc1c(F)cccc1Cl. The van der Waals surface area contributed by atoms with Gasteiger partial charge in [0.1, 0.15) is 29.1 Å². The number of hydrogen-bond donors (Lipinski definition) is 0. The maximum Gasteiger partial charge on any atom is 0.278 e. The Balaban J connectivity index is 1.53. The molecule has 3 heterocycles. The fraction of sp³-hybridized carbons (Fsp3) is 0.250. The zero-order chi connectivity index (χ0) is 23.4. The monoisotopic (exact) mass is 479 g/mol. The van der Waals surface area contributed by atoms with Crippen molar-refractivity contribution in [3.05, 3.63) is 81.2 Å². The van der Waals surface area contributed by atoms with E-state index in [1.54, 1.807) is 29.9 Å². The van der Waals surface area contributed by atoms with Gasteiger partial charge in [-0.2, -0.15) is 4.98 Å². The molecule has 0 aliphatic heterocycles. The van der Waals surface area contributed by atoms with Gasteiger partial charge >= 0.3 is 0 Å². The molecule has 1 aliphatic carbocycles. The summed E-state index contributed by atoms with van der Waals surface area (Å²) >= 11 is 6.31. The summed E-state index contributed by atoms with van der Waals surface area (Å²) in [6.07, 6.45) is 3.56. The molecule has 1 fully saturated rings. The minimum Gasteiger partial charge on any atom is -0.497 e. The maximum absolute atomic E-state index is 14.7. The molecule has 0 amide bonds. The van der Waals surface area contributed by atoms with Gasteiger partial charge in [0.15, 0.2) is 5.82 Å². The van der Waals surface area contributed by atoms with Crippen molar-refractivity contribution in [3.8, 4) is 5.75 Å². The summed E-state index contributed by atoms with van der Waals surface area (Å²) in [6.45, 7) is 0.151. The van der Waals surface area contributed by atoms with Crippen molar-refractivity contribution in [1.29, 1.82) is 0 Å². The zero-order valence-corrected chi connectivity index (χ0v) is 18.9. The summed E-state index contributed by atoms with van der Waals surface area (Å²) in [6, 6.07) is 9.95. The molecule has 1 aliphatic rings. The lowest BCUT2D eigenvalue weighted by Gasteiger charge is -2.11. The third-order valence-corrected chi connectivity index (χ3v) is 6.50. The molecular weight excluding hydrogens is 461 g/mol. The first-order valence-electron chi connectivity index (χ1n) is 10.8. The molecule has 172 valence electrons. The molecule has 34 heavy (non-hydrogen) atoms. The number of fused-ring (bicyclic) bond motifs is 3. The molecular formula is C24H19ClFN5O3. The van der Waals surface area contributed by atoms with E-state index in [1.807, 2.05) is 12.1 Å². The van der Waals surface area contributed by atoms with E-state index >= 15 is 0 Å². The molecule has 1 saturated carbocycles. The average molecular weight is 480 g/mol. The molecule has 2 aromatic carbocycles. The molecule has 8 nitrogen and oxygen atoms in total. The highest BCUT2D eigenvalue weighted by Gasteiger charge is 2.29. The van der Waals surface area contributed by atoms with Crippen LogP contribution in [0.1, 0.15) is 36.0 Å². The van der Waals surface area contributed by atoms with Crippen LogP contribution in [-0.2, 0) is 13.1 Å². The number of aromatic nitrogens is 5. The lowest BCUT2D eigenvalue weighted by atomic mass is 10.2. The van der Waals surface area contributed by atoms with Gasteiger partial charge in [-0.1, -0.05) is 22.8 Å². The predicted molar refractivity (Wildman–Crippen MR) is 124 cm³/mol. The van der Waals surface area contributed by atoms with E-state index in [2.05, 4.69) is 15.1 Å². The molecule has 0 radical (unpaired) electrons. The zero-order valence-electron chi connectivity index (χ0n) is 18.2. The molecule has 0 N–H and O–H groups in total. The molecule has 5 aromatic rings. The van der Waals surface area contributed by atoms with E-state index in [1.165, 1.54) is 17.0 Å². The minimum absolute atomic E-state index is 0.0607. The van der Waals surface area contributed by atoms with Gasteiger partial charge in [-0.05, 0) is 43.2 Å². The maximum atomic E-state index is 14.7. The summed E-state index contributed by atoms with van der Waals surface area (Å²) in [4.78, 5) is 22.6. The van der Waals surface area contributed by atoms with E-state index in [0.717, 1.165) is 18.2 Å². The van der Waals surface area contributed by atoms with Crippen LogP contribution in [0, 0.1) is 5.82 Å². The van der Waals surface area contributed by atoms with Crippen LogP contribution in [0.15, 0.2) is 52.0 Å². The van der Waals surface area contributed by atoms with Crippen molar-refractivity contribution >= 4 is 33.5 Å². The number of methoxy groups -OCH3 is 1. The Bertz CT molecular complexity index is 1600. The first kappa shape index (κ1) is 20.9. The number of halogens is 2. The number of rotatable bonds is 6. The van der Waals surface area contributed by atoms with Gasteiger partial charge < -0.3 is 13.8 Å². The van der Waals surface area contributed by atoms with E-state index in [9.17, 15) is 9.18 Å². The molecule has 0 spiro atoms. The lowest BCUT2D eigenvalue weighted by Crippen LogP contribution is -2.23. The van der Waals surface area contributed by atoms with Crippen LogP contribution < -0.4 is 10.3 Å². The second-order valence-corrected chi connectivity index (χ2v) is 8.77. The van der Waals surface area contributed by atoms with Gasteiger partial charge in [-0.15, -0.1) is 0 Å². The Labute approximate surface area is 197 Å². The topological polar surface area (TPSA) is 88.0 Å².